The molecule has 132 valence electrons. The summed E-state index contributed by atoms with van der Waals surface area (Å²) in [6.45, 7) is 7.12. The van der Waals surface area contributed by atoms with E-state index < -0.39 is 0 Å². The first-order valence-corrected chi connectivity index (χ1v) is 8.40. The van der Waals surface area contributed by atoms with Crippen LogP contribution in [0.15, 0.2) is 24.3 Å². The van der Waals surface area contributed by atoms with Gasteiger partial charge in [0, 0.05) is 32.2 Å². The van der Waals surface area contributed by atoms with Crippen LogP contribution in [-0.2, 0) is 16.0 Å². The number of nitrogens with zero attached hydrogens (tertiary/aromatic N) is 2. The third kappa shape index (κ3) is 5.53. The summed E-state index contributed by atoms with van der Waals surface area (Å²) in [5.74, 6) is 0.967. The first kappa shape index (κ1) is 18.3. The van der Waals surface area contributed by atoms with E-state index in [4.69, 9.17) is 4.74 Å². The minimum atomic E-state index is 0.0445. The summed E-state index contributed by atoms with van der Waals surface area (Å²) in [5, 5.41) is 2.89. The van der Waals surface area contributed by atoms with Crippen molar-refractivity contribution in [1.29, 1.82) is 0 Å². The standard InChI is InChI=1S/C18H27N3O3/c1-14(2)19-17(22)13-20-8-10-21(11-9-20)18(23)12-15-4-6-16(24-3)7-5-15/h4-7,14H,8-13H2,1-3H3,(H,19,22). The number of carbonyl (C=O) groups excluding carboxylic acids is 2. The van der Waals surface area contributed by atoms with E-state index in [0.29, 0.717) is 26.1 Å². The summed E-state index contributed by atoms with van der Waals surface area (Å²) in [6.07, 6.45) is 0.401. The van der Waals surface area contributed by atoms with E-state index in [1.54, 1.807) is 7.11 Å². The second kappa shape index (κ2) is 8.68. The molecule has 0 saturated carbocycles. The minimum Gasteiger partial charge on any atom is -0.497 e. The molecule has 1 N–H and O–H groups in total. The van der Waals surface area contributed by atoms with E-state index in [0.717, 1.165) is 24.4 Å². The van der Waals surface area contributed by atoms with Crippen LogP contribution in [0.2, 0.25) is 0 Å². The molecule has 0 aliphatic carbocycles. The average molecular weight is 333 g/mol. The molecule has 24 heavy (non-hydrogen) atoms. The van der Waals surface area contributed by atoms with Crippen molar-refractivity contribution >= 4 is 11.8 Å². The number of nitrogens with one attached hydrogen (secondary N) is 1. The molecule has 0 unspecified atom stereocenters. The molecule has 0 bridgehead atoms. The van der Waals surface area contributed by atoms with E-state index >= 15 is 0 Å². The maximum absolute atomic E-state index is 12.4. The highest BCUT2D eigenvalue weighted by molar-refractivity contribution is 5.79. The van der Waals surface area contributed by atoms with Crippen LogP contribution in [0.5, 0.6) is 5.75 Å². The number of hydrogen-bond acceptors (Lipinski definition) is 4. The predicted molar refractivity (Wildman–Crippen MR) is 93.0 cm³/mol. The summed E-state index contributed by atoms with van der Waals surface area (Å²) in [6, 6.07) is 7.73. The van der Waals surface area contributed by atoms with Gasteiger partial charge >= 0.3 is 0 Å². The largest absolute Gasteiger partial charge is 0.497 e. The van der Waals surface area contributed by atoms with Crippen molar-refractivity contribution in [3.8, 4) is 5.75 Å². The van der Waals surface area contributed by atoms with Gasteiger partial charge in [0.1, 0.15) is 5.75 Å². The fraction of sp³-hybridized carbons (Fsp3) is 0.556. The van der Waals surface area contributed by atoms with Gasteiger partial charge < -0.3 is 15.0 Å². The molecule has 2 rings (SSSR count). The van der Waals surface area contributed by atoms with Crippen LogP contribution >= 0.6 is 0 Å². The molecule has 1 saturated heterocycles. The van der Waals surface area contributed by atoms with Gasteiger partial charge in [0.25, 0.3) is 0 Å². The van der Waals surface area contributed by atoms with Crippen molar-refractivity contribution < 1.29 is 14.3 Å². The molecule has 1 heterocycles. The molecule has 2 amide bonds. The van der Waals surface area contributed by atoms with Crippen LogP contribution in [0.4, 0.5) is 0 Å². The molecule has 0 atom stereocenters. The maximum Gasteiger partial charge on any atom is 0.234 e. The van der Waals surface area contributed by atoms with Crippen molar-refractivity contribution in [2.24, 2.45) is 0 Å². The Kier molecular flexibility index (Phi) is 6.61. The molecule has 1 aliphatic rings. The average Bonchev–Trinajstić information content (AvgIpc) is 2.55. The van der Waals surface area contributed by atoms with Crippen molar-refractivity contribution in [3.63, 3.8) is 0 Å². The van der Waals surface area contributed by atoms with E-state index in [1.165, 1.54) is 0 Å². The summed E-state index contributed by atoms with van der Waals surface area (Å²) >= 11 is 0. The van der Waals surface area contributed by atoms with E-state index in [1.807, 2.05) is 43.0 Å². The van der Waals surface area contributed by atoms with Gasteiger partial charge in [-0.1, -0.05) is 12.1 Å². The third-order valence-corrected chi connectivity index (χ3v) is 4.06. The van der Waals surface area contributed by atoms with E-state index in [2.05, 4.69) is 10.2 Å². The topological polar surface area (TPSA) is 61.9 Å². The lowest BCUT2D eigenvalue weighted by molar-refractivity contribution is -0.132. The highest BCUT2D eigenvalue weighted by Gasteiger charge is 2.22. The highest BCUT2D eigenvalue weighted by Crippen LogP contribution is 2.13. The minimum absolute atomic E-state index is 0.0445. The van der Waals surface area contributed by atoms with Gasteiger partial charge in [-0.05, 0) is 31.5 Å². The molecule has 0 radical (unpaired) electrons. The summed E-state index contributed by atoms with van der Waals surface area (Å²) in [7, 11) is 1.63. The lowest BCUT2D eigenvalue weighted by atomic mass is 10.1. The predicted octanol–water partition coefficient (Wildman–Crippen LogP) is 0.907. The Morgan fingerprint density at radius 1 is 1.12 bits per heavy atom. The number of hydrogen-bond donors (Lipinski definition) is 1. The number of rotatable bonds is 6. The normalized spacial score (nSPS) is 15.4. The van der Waals surface area contributed by atoms with E-state index in [-0.39, 0.29) is 17.9 Å². The highest BCUT2D eigenvalue weighted by atomic mass is 16.5. The number of piperazine rings is 1. The van der Waals surface area contributed by atoms with Crippen LogP contribution in [-0.4, -0.2) is 67.5 Å². The van der Waals surface area contributed by atoms with Crippen molar-refractivity contribution in [3.05, 3.63) is 29.8 Å². The van der Waals surface area contributed by atoms with Crippen LogP contribution in [0.3, 0.4) is 0 Å². The SMILES string of the molecule is COc1ccc(CC(=O)N2CCN(CC(=O)NC(C)C)CC2)cc1. The first-order chi connectivity index (χ1) is 11.5. The fourth-order valence-electron chi connectivity index (χ4n) is 2.76. The number of methoxy groups -OCH3 is 1. The Bertz CT molecular complexity index is 549. The Labute approximate surface area is 143 Å². The molecular formula is C18H27N3O3. The zero-order valence-electron chi connectivity index (χ0n) is 14.7. The molecule has 1 aliphatic heterocycles. The zero-order chi connectivity index (χ0) is 17.5. The summed E-state index contributed by atoms with van der Waals surface area (Å²) < 4.78 is 5.12. The van der Waals surface area contributed by atoms with E-state index in [9.17, 15) is 9.59 Å². The molecular weight excluding hydrogens is 306 g/mol. The van der Waals surface area contributed by atoms with Crippen molar-refractivity contribution in [2.75, 3.05) is 39.8 Å². The Balaban J connectivity index is 1.76. The maximum atomic E-state index is 12.4. The number of amides is 2. The molecule has 6 nitrogen and oxygen atoms in total. The zero-order valence-corrected chi connectivity index (χ0v) is 14.7. The molecule has 0 aromatic heterocycles. The first-order valence-electron chi connectivity index (χ1n) is 8.40. The van der Waals surface area contributed by atoms with Crippen molar-refractivity contribution in [2.45, 2.75) is 26.3 Å². The van der Waals surface area contributed by atoms with Gasteiger partial charge in [-0.15, -0.1) is 0 Å². The van der Waals surface area contributed by atoms with Gasteiger partial charge in [-0.3, -0.25) is 14.5 Å². The van der Waals surface area contributed by atoms with Gasteiger partial charge in [-0.25, -0.2) is 0 Å². The lowest BCUT2D eigenvalue weighted by Gasteiger charge is -2.34. The summed E-state index contributed by atoms with van der Waals surface area (Å²) in [5.41, 5.74) is 0.986. The molecule has 1 aromatic carbocycles. The fourth-order valence-corrected chi connectivity index (χ4v) is 2.76. The van der Waals surface area contributed by atoms with Gasteiger partial charge in [0.05, 0.1) is 20.1 Å². The second-order valence-corrected chi connectivity index (χ2v) is 6.40. The third-order valence-electron chi connectivity index (χ3n) is 4.06. The monoisotopic (exact) mass is 333 g/mol. The van der Waals surface area contributed by atoms with Crippen LogP contribution < -0.4 is 10.1 Å². The Morgan fingerprint density at radius 2 is 1.75 bits per heavy atom. The second-order valence-electron chi connectivity index (χ2n) is 6.40. The number of ether oxygens (including phenoxy) is 1. The van der Waals surface area contributed by atoms with Gasteiger partial charge in [0.2, 0.25) is 11.8 Å². The van der Waals surface area contributed by atoms with Gasteiger partial charge in [-0.2, -0.15) is 0 Å². The number of carbonyl (C=O) groups is 2. The Hall–Kier alpha value is -2.08. The van der Waals surface area contributed by atoms with Crippen LogP contribution in [0.25, 0.3) is 0 Å². The van der Waals surface area contributed by atoms with Crippen LogP contribution in [0.1, 0.15) is 19.4 Å². The smallest absolute Gasteiger partial charge is 0.234 e. The van der Waals surface area contributed by atoms with Gasteiger partial charge in [0.15, 0.2) is 0 Å². The van der Waals surface area contributed by atoms with Crippen LogP contribution in [0, 0.1) is 0 Å². The Morgan fingerprint density at radius 3 is 2.29 bits per heavy atom. The quantitative estimate of drug-likeness (QED) is 0.840. The molecule has 1 aromatic rings. The number of benzene rings is 1. The molecule has 0 spiro atoms. The summed E-state index contributed by atoms with van der Waals surface area (Å²) in [4.78, 5) is 28.1. The van der Waals surface area contributed by atoms with Crippen molar-refractivity contribution in [1.82, 2.24) is 15.1 Å². The molecule has 6 heteroatoms. The molecule has 1 fully saturated rings. The lowest BCUT2D eigenvalue weighted by Crippen LogP contribution is -2.51.